The van der Waals surface area contributed by atoms with E-state index in [1.807, 2.05) is 18.2 Å². The fourth-order valence-corrected chi connectivity index (χ4v) is 3.26. The third-order valence-electron chi connectivity index (χ3n) is 4.97. The average molecular weight is 347 g/mol. The van der Waals surface area contributed by atoms with Crippen LogP contribution in [0.1, 0.15) is 31.1 Å². The molecule has 2 aromatic carbocycles. The Bertz CT molecular complexity index is 922. The van der Waals surface area contributed by atoms with Crippen LogP contribution in [0.4, 0.5) is 0 Å². The van der Waals surface area contributed by atoms with Crippen LogP contribution in [0, 0.1) is 6.92 Å². The van der Waals surface area contributed by atoms with Crippen molar-refractivity contribution in [3.8, 4) is 22.4 Å². The summed E-state index contributed by atoms with van der Waals surface area (Å²) in [5.74, 6) is 0.552. The van der Waals surface area contributed by atoms with Crippen LogP contribution < -0.4 is 0 Å². The third-order valence-corrected chi connectivity index (χ3v) is 4.97. The van der Waals surface area contributed by atoms with E-state index in [-0.39, 0.29) is 11.4 Å². The molecule has 1 aliphatic rings. The molecule has 4 rings (SSSR count). The van der Waals surface area contributed by atoms with Gasteiger partial charge in [-0.3, -0.25) is 4.79 Å². The van der Waals surface area contributed by atoms with Gasteiger partial charge in [-0.15, -0.1) is 0 Å². The SMILES string of the molecule is CC(=O)OCC1(c2onc(-c3ccc(C)cc3)c2-c2ccccc2)CC1. The average Bonchev–Trinajstić information content (AvgIpc) is 3.31. The molecule has 26 heavy (non-hydrogen) atoms. The minimum atomic E-state index is -0.268. The Labute approximate surface area is 152 Å². The number of ether oxygens (including phenoxy) is 1. The van der Waals surface area contributed by atoms with Crippen LogP contribution in [-0.4, -0.2) is 17.7 Å². The topological polar surface area (TPSA) is 52.3 Å². The molecule has 0 atom stereocenters. The molecule has 1 aliphatic carbocycles. The standard InChI is InChI=1S/C22H21NO3/c1-15-8-10-18(11-9-15)20-19(17-6-4-3-5-7-17)21(26-23-20)22(12-13-22)14-25-16(2)24/h3-11H,12-14H2,1-2H3. The Balaban J connectivity index is 1.83. The van der Waals surface area contributed by atoms with Crippen molar-refractivity contribution in [1.82, 2.24) is 5.16 Å². The molecule has 132 valence electrons. The van der Waals surface area contributed by atoms with E-state index in [9.17, 15) is 4.79 Å². The van der Waals surface area contributed by atoms with Gasteiger partial charge in [-0.1, -0.05) is 65.3 Å². The molecular weight excluding hydrogens is 326 g/mol. The summed E-state index contributed by atoms with van der Waals surface area (Å²) in [4.78, 5) is 11.3. The summed E-state index contributed by atoms with van der Waals surface area (Å²) in [6.45, 7) is 3.84. The summed E-state index contributed by atoms with van der Waals surface area (Å²) in [5, 5.41) is 4.41. The Morgan fingerprint density at radius 3 is 2.38 bits per heavy atom. The summed E-state index contributed by atoms with van der Waals surface area (Å²) in [6.07, 6.45) is 1.87. The van der Waals surface area contributed by atoms with Crippen molar-refractivity contribution >= 4 is 5.97 Å². The summed E-state index contributed by atoms with van der Waals surface area (Å²) in [5.41, 5.74) is 4.86. The molecule has 0 N–H and O–H groups in total. The lowest BCUT2D eigenvalue weighted by Gasteiger charge is -2.14. The van der Waals surface area contributed by atoms with Crippen LogP contribution in [0.25, 0.3) is 22.4 Å². The second-order valence-electron chi connectivity index (χ2n) is 7.03. The molecule has 0 aliphatic heterocycles. The number of rotatable bonds is 5. The number of nitrogens with zero attached hydrogens (tertiary/aromatic N) is 1. The normalized spacial score (nSPS) is 14.8. The number of esters is 1. The number of hydrogen-bond donors (Lipinski definition) is 0. The highest BCUT2D eigenvalue weighted by atomic mass is 16.5. The quantitative estimate of drug-likeness (QED) is 0.615. The lowest BCUT2D eigenvalue weighted by molar-refractivity contribution is -0.142. The van der Waals surface area contributed by atoms with Gasteiger partial charge < -0.3 is 9.26 Å². The molecule has 0 bridgehead atoms. The van der Waals surface area contributed by atoms with E-state index in [0.717, 1.165) is 41.0 Å². The van der Waals surface area contributed by atoms with E-state index >= 15 is 0 Å². The van der Waals surface area contributed by atoms with Crippen molar-refractivity contribution in [1.29, 1.82) is 0 Å². The zero-order chi connectivity index (χ0) is 18.1. The van der Waals surface area contributed by atoms with Gasteiger partial charge in [0.25, 0.3) is 0 Å². The Hall–Kier alpha value is -2.88. The molecule has 1 heterocycles. The predicted molar refractivity (Wildman–Crippen MR) is 99.7 cm³/mol. The fraction of sp³-hybridized carbons (Fsp3) is 0.273. The largest absolute Gasteiger partial charge is 0.465 e. The molecular formula is C22H21NO3. The third kappa shape index (κ3) is 3.03. The zero-order valence-electron chi connectivity index (χ0n) is 15.0. The Morgan fingerprint density at radius 1 is 1.08 bits per heavy atom. The van der Waals surface area contributed by atoms with Gasteiger partial charge in [0.2, 0.25) is 0 Å². The van der Waals surface area contributed by atoms with Gasteiger partial charge in [-0.25, -0.2) is 0 Å². The van der Waals surface area contributed by atoms with E-state index in [2.05, 4.69) is 48.5 Å². The number of aromatic nitrogens is 1. The van der Waals surface area contributed by atoms with Crippen molar-refractivity contribution in [3.63, 3.8) is 0 Å². The van der Waals surface area contributed by atoms with Gasteiger partial charge in [0.15, 0.2) is 5.76 Å². The van der Waals surface area contributed by atoms with Gasteiger partial charge in [-0.2, -0.15) is 0 Å². The van der Waals surface area contributed by atoms with Crippen LogP contribution in [-0.2, 0) is 14.9 Å². The summed E-state index contributed by atoms with van der Waals surface area (Å²) >= 11 is 0. The number of carbonyl (C=O) groups excluding carboxylic acids is 1. The van der Waals surface area contributed by atoms with E-state index < -0.39 is 0 Å². The molecule has 1 fully saturated rings. The highest BCUT2D eigenvalue weighted by Crippen LogP contribution is 2.53. The maximum atomic E-state index is 11.3. The van der Waals surface area contributed by atoms with Crippen LogP contribution in [0.2, 0.25) is 0 Å². The summed E-state index contributed by atoms with van der Waals surface area (Å²) in [6, 6.07) is 18.4. The van der Waals surface area contributed by atoms with Crippen molar-refractivity contribution in [2.24, 2.45) is 0 Å². The molecule has 4 nitrogen and oxygen atoms in total. The van der Waals surface area contributed by atoms with Crippen LogP contribution >= 0.6 is 0 Å². The van der Waals surface area contributed by atoms with Gasteiger partial charge in [-0.05, 0) is 25.3 Å². The molecule has 0 saturated heterocycles. The molecule has 0 spiro atoms. The highest BCUT2D eigenvalue weighted by Gasteiger charge is 2.51. The van der Waals surface area contributed by atoms with Crippen molar-refractivity contribution < 1.29 is 14.1 Å². The second-order valence-corrected chi connectivity index (χ2v) is 7.03. The van der Waals surface area contributed by atoms with Gasteiger partial charge in [0, 0.05) is 12.5 Å². The molecule has 0 radical (unpaired) electrons. The van der Waals surface area contributed by atoms with Gasteiger partial charge in [0.1, 0.15) is 12.3 Å². The summed E-state index contributed by atoms with van der Waals surface area (Å²) in [7, 11) is 0. The Morgan fingerprint density at radius 2 is 1.77 bits per heavy atom. The molecule has 0 unspecified atom stereocenters. The lowest BCUT2D eigenvalue weighted by atomic mass is 9.92. The van der Waals surface area contributed by atoms with E-state index in [1.165, 1.54) is 12.5 Å². The molecule has 1 saturated carbocycles. The van der Waals surface area contributed by atoms with E-state index in [1.54, 1.807) is 0 Å². The number of aryl methyl sites for hydroxylation is 1. The molecule has 3 aromatic rings. The van der Waals surface area contributed by atoms with Crippen LogP contribution in [0.5, 0.6) is 0 Å². The van der Waals surface area contributed by atoms with Crippen molar-refractivity contribution in [2.75, 3.05) is 6.61 Å². The Kier molecular flexibility index (Phi) is 4.11. The first-order chi connectivity index (χ1) is 12.6. The predicted octanol–water partition coefficient (Wildman–Crippen LogP) is 4.91. The smallest absolute Gasteiger partial charge is 0.302 e. The first-order valence-electron chi connectivity index (χ1n) is 8.85. The minimum Gasteiger partial charge on any atom is -0.465 e. The maximum absolute atomic E-state index is 11.3. The minimum absolute atomic E-state index is 0.257. The van der Waals surface area contributed by atoms with E-state index in [4.69, 9.17) is 9.26 Å². The van der Waals surface area contributed by atoms with Crippen LogP contribution in [0.3, 0.4) is 0 Å². The van der Waals surface area contributed by atoms with Gasteiger partial charge in [0.05, 0.1) is 11.0 Å². The monoisotopic (exact) mass is 347 g/mol. The van der Waals surface area contributed by atoms with Crippen molar-refractivity contribution in [3.05, 3.63) is 65.9 Å². The zero-order valence-corrected chi connectivity index (χ0v) is 15.0. The van der Waals surface area contributed by atoms with Crippen LogP contribution in [0.15, 0.2) is 59.1 Å². The lowest BCUT2D eigenvalue weighted by Crippen LogP contribution is -2.17. The molecule has 1 aromatic heterocycles. The number of carbonyl (C=O) groups is 1. The molecule has 4 heteroatoms. The molecule has 0 amide bonds. The second kappa shape index (κ2) is 6.45. The maximum Gasteiger partial charge on any atom is 0.302 e. The first-order valence-corrected chi connectivity index (χ1v) is 8.85. The van der Waals surface area contributed by atoms with E-state index in [0.29, 0.717) is 6.61 Å². The fourth-order valence-electron chi connectivity index (χ4n) is 3.26. The first kappa shape index (κ1) is 16.6. The van der Waals surface area contributed by atoms with Crippen molar-refractivity contribution in [2.45, 2.75) is 32.1 Å². The summed E-state index contributed by atoms with van der Waals surface area (Å²) < 4.78 is 11.2. The number of benzene rings is 2. The van der Waals surface area contributed by atoms with Gasteiger partial charge >= 0.3 is 5.97 Å². The number of hydrogen-bond acceptors (Lipinski definition) is 4. The highest BCUT2D eigenvalue weighted by molar-refractivity contribution is 5.83.